The predicted octanol–water partition coefficient (Wildman–Crippen LogP) is 5.09. The molecular weight excluding hydrogens is 250 g/mol. The molecule has 0 saturated carbocycles. The smallest absolute Gasteiger partial charge is 0.0708 e. The molecule has 0 N–H and O–H groups in total. The van der Waals surface area contributed by atoms with Crippen molar-refractivity contribution < 1.29 is 0 Å². The van der Waals surface area contributed by atoms with Crippen LogP contribution in [0.3, 0.4) is 0 Å². The van der Waals surface area contributed by atoms with E-state index in [4.69, 9.17) is 0 Å². The second kappa shape index (κ2) is 4.98. The lowest BCUT2D eigenvalue weighted by Crippen LogP contribution is -1.85. The van der Waals surface area contributed by atoms with Gasteiger partial charge in [0.1, 0.15) is 0 Å². The first kappa shape index (κ1) is 12.1. The molecule has 1 aromatic carbocycles. The number of pyridine rings is 1. The van der Waals surface area contributed by atoms with Gasteiger partial charge in [0.05, 0.1) is 5.69 Å². The number of rotatable bonds is 2. The van der Waals surface area contributed by atoms with Gasteiger partial charge in [-0.25, -0.2) is 0 Å². The predicted molar refractivity (Wildman–Crippen MR) is 82.5 cm³/mol. The van der Waals surface area contributed by atoms with E-state index in [0.717, 1.165) is 11.3 Å². The summed E-state index contributed by atoms with van der Waals surface area (Å²) in [5.74, 6) is 0. The Labute approximate surface area is 117 Å². The number of nitrogens with zero attached hydrogens (tertiary/aromatic N) is 1. The van der Waals surface area contributed by atoms with Crippen LogP contribution in [0, 0.1) is 13.8 Å². The first-order valence-electron chi connectivity index (χ1n) is 6.33. The van der Waals surface area contributed by atoms with Gasteiger partial charge in [0.2, 0.25) is 0 Å². The Hall–Kier alpha value is -1.93. The molecule has 0 fully saturated rings. The lowest BCUT2D eigenvalue weighted by molar-refractivity contribution is 1.32. The monoisotopic (exact) mass is 265 g/mol. The minimum atomic E-state index is 1.03. The summed E-state index contributed by atoms with van der Waals surface area (Å²) in [5, 5.41) is 0. The van der Waals surface area contributed by atoms with Gasteiger partial charge < -0.3 is 0 Å². The van der Waals surface area contributed by atoms with E-state index in [0.29, 0.717) is 0 Å². The largest absolute Gasteiger partial charge is 0.256 e. The molecule has 3 aromatic rings. The van der Waals surface area contributed by atoms with Crippen LogP contribution in [0.2, 0.25) is 0 Å². The molecule has 0 radical (unpaired) electrons. The third-order valence-corrected chi connectivity index (χ3v) is 4.15. The van der Waals surface area contributed by atoms with Gasteiger partial charge in [-0.05, 0) is 43.2 Å². The number of hydrogen-bond acceptors (Lipinski definition) is 2. The van der Waals surface area contributed by atoms with Crippen molar-refractivity contribution in [2.75, 3.05) is 0 Å². The molecule has 2 heterocycles. The lowest BCUT2D eigenvalue weighted by Gasteiger charge is -2.04. The van der Waals surface area contributed by atoms with Crippen molar-refractivity contribution in [2.24, 2.45) is 0 Å². The zero-order valence-corrected chi connectivity index (χ0v) is 11.9. The minimum absolute atomic E-state index is 1.03. The van der Waals surface area contributed by atoms with Gasteiger partial charge in [0, 0.05) is 21.5 Å². The Kier molecular flexibility index (Phi) is 3.18. The highest BCUT2D eigenvalue weighted by Crippen LogP contribution is 2.32. The molecule has 19 heavy (non-hydrogen) atoms. The van der Waals surface area contributed by atoms with Crippen molar-refractivity contribution >= 4 is 11.3 Å². The molecule has 2 heteroatoms. The number of aryl methyl sites for hydroxylation is 2. The van der Waals surface area contributed by atoms with Crippen LogP contribution in [-0.2, 0) is 0 Å². The summed E-state index contributed by atoms with van der Waals surface area (Å²) in [6, 6.07) is 16.8. The van der Waals surface area contributed by atoms with E-state index < -0.39 is 0 Å². The van der Waals surface area contributed by atoms with Crippen molar-refractivity contribution in [3.05, 3.63) is 64.5 Å². The molecule has 0 spiro atoms. The van der Waals surface area contributed by atoms with Crippen molar-refractivity contribution in [3.8, 4) is 22.4 Å². The van der Waals surface area contributed by atoms with E-state index in [-0.39, 0.29) is 0 Å². The maximum atomic E-state index is 4.48. The van der Waals surface area contributed by atoms with Crippen LogP contribution < -0.4 is 0 Å². The van der Waals surface area contributed by atoms with Gasteiger partial charge in [0.15, 0.2) is 0 Å². The summed E-state index contributed by atoms with van der Waals surface area (Å²) < 4.78 is 0. The molecule has 0 aliphatic heterocycles. The molecule has 94 valence electrons. The number of benzene rings is 1. The average Bonchev–Trinajstić information content (AvgIpc) is 2.79. The Morgan fingerprint density at radius 1 is 0.895 bits per heavy atom. The van der Waals surface area contributed by atoms with E-state index in [9.17, 15) is 0 Å². The topological polar surface area (TPSA) is 12.9 Å². The Bertz CT molecular complexity index is 698. The van der Waals surface area contributed by atoms with Gasteiger partial charge in [-0.3, -0.25) is 4.98 Å². The minimum Gasteiger partial charge on any atom is -0.256 e. The summed E-state index contributed by atoms with van der Waals surface area (Å²) >= 11 is 1.85. The third kappa shape index (κ3) is 2.45. The zero-order valence-electron chi connectivity index (χ0n) is 11.1. The van der Waals surface area contributed by atoms with Crippen LogP contribution >= 0.6 is 11.3 Å². The number of hydrogen-bond donors (Lipinski definition) is 0. The maximum Gasteiger partial charge on any atom is 0.0708 e. The lowest BCUT2D eigenvalue weighted by atomic mass is 10.0. The highest BCUT2D eigenvalue weighted by Gasteiger charge is 2.07. The van der Waals surface area contributed by atoms with Crippen LogP contribution in [0.5, 0.6) is 0 Å². The fourth-order valence-corrected chi connectivity index (χ4v) is 3.23. The normalized spacial score (nSPS) is 10.6. The van der Waals surface area contributed by atoms with Crippen molar-refractivity contribution in [1.29, 1.82) is 0 Å². The summed E-state index contributed by atoms with van der Waals surface area (Å²) in [6.45, 7) is 4.33. The first-order chi connectivity index (χ1) is 9.24. The molecule has 0 aliphatic carbocycles. The fourth-order valence-electron chi connectivity index (χ4n) is 2.28. The van der Waals surface area contributed by atoms with E-state index in [2.05, 4.69) is 49.2 Å². The summed E-state index contributed by atoms with van der Waals surface area (Å²) in [7, 11) is 0. The van der Waals surface area contributed by atoms with Gasteiger partial charge in [-0.2, -0.15) is 0 Å². The SMILES string of the molecule is Cc1cc(-c2ccnc(-c3ccccc3)c2)c(C)s1. The van der Waals surface area contributed by atoms with Crippen molar-refractivity contribution in [2.45, 2.75) is 13.8 Å². The van der Waals surface area contributed by atoms with Gasteiger partial charge in [-0.1, -0.05) is 30.3 Å². The van der Waals surface area contributed by atoms with Crippen LogP contribution in [0.1, 0.15) is 9.75 Å². The molecule has 0 atom stereocenters. The molecule has 1 nitrogen and oxygen atoms in total. The fraction of sp³-hybridized carbons (Fsp3) is 0.118. The summed E-state index contributed by atoms with van der Waals surface area (Å²) in [6.07, 6.45) is 1.89. The molecule has 0 amide bonds. The highest BCUT2D eigenvalue weighted by molar-refractivity contribution is 7.12. The van der Waals surface area contributed by atoms with Gasteiger partial charge >= 0.3 is 0 Å². The van der Waals surface area contributed by atoms with Crippen LogP contribution in [-0.4, -0.2) is 4.98 Å². The second-order valence-corrected chi connectivity index (χ2v) is 6.08. The second-order valence-electron chi connectivity index (χ2n) is 4.62. The average molecular weight is 265 g/mol. The Balaban J connectivity index is 2.08. The molecule has 0 aliphatic rings. The first-order valence-corrected chi connectivity index (χ1v) is 7.14. The van der Waals surface area contributed by atoms with E-state index >= 15 is 0 Å². The summed E-state index contributed by atoms with van der Waals surface area (Å²) in [4.78, 5) is 7.19. The third-order valence-electron chi connectivity index (χ3n) is 3.18. The molecule has 0 bridgehead atoms. The van der Waals surface area contributed by atoms with Crippen LogP contribution in [0.25, 0.3) is 22.4 Å². The van der Waals surface area contributed by atoms with Crippen molar-refractivity contribution in [1.82, 2.24) is 4.98 Å². The molecule has 0 unspecified atom stereocenters. The van der Waals surface area contributed by atoms with E-state index in [1.165, 1.54) is 20.9 Å². The van der Waals surface area contributed by atoms with Crippen LogP contribution in [0.4, 0.5) is 0 Å². The number of aromatic nitrogens is 1. The maximum absolute atomic E-state index is 4.48. The van der Waals surface area contributed by atoms with E-state index in [1.807, 2.05) is 35.7 Å². The van der Waals surface area contributed by atoms with Crippen molar-refractivity contribution in [3.63, 3.8) is 0 Å². The Morgan fingerprint density at radius 2 is 1.68 bits per heavy atom. The summed E-state index contributed by atoms with van der Waals surface area (Å²) in [5.41, 5.74) is 4.76. The molecule has 2 aromatic heterocycles. The van der Waals surface area contributed by atoms with E-state index in [1.54, 1.807) is 0 Å². The molecule has 3 rings (SSSR count). The zero-order chi connectivity index (χ0) is 13.2. The Morgan fingerprint density at radius 3 is 2.37 bits per heavy atom. The quantitative estimate of drug-likeness (QED) is 0.628. The number of thiophene rings is 1. The van der Waals surface area contributed by atoms with Gasteiger partial charge in [-0.15, -0.1) is 11.3 Å². The molecular formula is C17H15NS. The highest BCUT2D eigenvalue weighted by atomic mass is 32.1. The standard InChI is InChI=1S/C17H15NS/c1-12-10-16(13(2)19-12)15-8-9-18-17(11-15)14-6-4-3-5-7-14/h3-11H,1-2H3. The molecule has 0 saturated heterocycles. The van der Waals surface area contributed by atoms with Crippen LogP contribution in [0.15, 0.2) is 54.7 Å². The van der Waals surface area contributed by atoms with Gasteiger partial charge in [0.25, 0.3) is 0 Å².